The lowest BCUT2D eigenvalue weighted by Crippen LogP contribution is -2.54. The molecule has 0 spiro atoms. The second kappa shape index (κ2) is 8.21. The second-order valence-electron chi connectivity index (χ2n) is 6.59. The largest absolute Gasteiger partial charge is 0.381 e. The summed E-state index contributed by atoms with van der Waals surface area (Å²) in [5, 5.41) is 2.88. The first kappa shape index (κ1) is 18.2. The number of nitrogens with zero attached hydrogens (tertiary/aromatic N) is 1. The monoisotopic (exact) mass is 363 g/mol. The standard InChI is InChI=1S/C18H25N3O3S/c19-18(5-9-24-10-6-18)17(23)20-15-3-1-14(2-4-15)13-16(22)21-7-11-25-12-8-21/h1-4H,5-13,19H2,(H,20,23). The van der Waals surface area contributed by atoms with E-state index in [2.05, 4.69) is 5.32 Å². The van der Waals surface area contributed by atoms with Crippen LogP contribution in [-0.4, -0.2) is 60.1 Å². The summed E-state index contributed by atoms with van der Waals surface area (Å²) in [6, 6.07) is 7.43. The highest BCUT2D eigenvalue weighted by Gasteiger charge is 2.35. The predicted molar refractivity (Wildman–Crippen MR) is 99.7 cm³/mol. The molecule has 1 aromatic carbocycles. The zero-order valence-corrected chi connectivity index (χ0v) is 15.1. The lowest BCUT2D eigenvalue weighted by atomic mass is 9.90. The van der Waals surface area contributed by atoms with Crippen molar-refractivity contribution in [2.45, 2.75) is 24.8 Å². The summed E-state index contributed by atoms with van der Waals surface area (Å²) in [5.74, 6) is 2.02. The molecule has 0 atom stereocenters. The van der Waals surface area contributed by atoms with Crippen molar-refractivity contribution < 1.29 is 14.3 Å². The Bertz CT molecular complexity index is 608. The zero-order chi connectivity index (χ0) is 17.7. The van der Waals surface area contributed by atoms with Gasteiger partial charge >= 0.3 is 0 Å². The van der Waals surface area contributed by atoms with Crippen LogP contribution < -0.4 is 11.1 Å². The van der Waals surface area contributed by atoms with Crippen LogP contribution in [0.3, 0.4) is 0 Å². The van der Waals surface area contributed by atoms with Crippen LogP contribution in [0, 0.1) is 0 Å². The van der Waals surface area contributed by atoms with Crippen molar-refractivity contribution in [2.24, 2.45) is 5.73 Å². The summed E-state index contributed by atoms with van der Waals surface area (Å²) in [7, 11) is 0. The molecular weight excluding hydrogens is 338 g/mol. The Kier molecular flexibility index (Phi) is 5.98. The fourth-order valence-electron chi connectivity index (χ4n) is 3.02. The van der Waals surface area contributed by atoms with E-state index in [1.165, 1.54) is 0 Å². The molecule has 0 bridgehead atoms. The Morgan fingerprint density at radius 2 is 1.80 bits per heavy atom. The molecule has 2 aliphatic heterocycles. The van der Waals surface area contributed by atoms with Gasteiger partial charge < -0.3 is 20.7 Å². The molecule has 0 aliphatic carbocycles. The van der Waals surface area contributed by atoms with E-state index in [-0.39, 0.29) is 11.8 Å². The molecule has 1 aromatic rings. The van der Waals surface area contributed by atoms with Crippen molar-refractivity contribution in [1.82, 2.24) is 4.90 Å². The number of thioether (sulfide) groups is 1. The maximum atomic E-state index is 12.4. The van der Waals surface area contributed by atoms with Crippen LogP contribution in [0.15, 0.2) is 24.3 Å². The summed E-state index contributed by atoms with van der Waals surface area (Å²) >= 11 is 1.89. The third-order valence-corrected chi connectivity index (χ3v) is 5.71. The van der Waals surface area contributed by atoms with E-state index >= 15 is 0 Å². The number of hydrogen-bond donors (Lipinski definition) is 2. The van der Waals surface area contributed by atoms with Gasteiger partial charge in [-0.05, 0) is 30.5 Å². The number of amides is 2. The number of carbonyl (C=O) groups is 2. The average Bonchev–Trinajstić information content (AvgIpc) is 2.64. The van der Waals surface area contributed by atoms with Gasteiger partial charge in [-0.15, -0.1) is 0 Å². The summed E-state index contributed by atoms with van der Waals surface area (Å²) in [5.41, 5.74) is 6.98. The molecule has 0 aromatic heterocycles. The minimum absolute atomic E-state index is 0.167. The number of nitrogens with two attached hydrogens (primary N) is 1. The molecule has 25 heavy (non-hydrogen) atoms. The van der Waals surface area contributed by atoms with Gasteiger partial charge in [0.2, 0.25) is 11.8 Å². The van der Waals surface area contributed by atoms with Gasteiger partial charge in [0.25, 0.3) is 0 Å². The van der Waals surface area contributed by atoms with Gasteiger partial charge in [-0.1, -0.05) is 12.1 Å². The predicted octanol–water partition coefficient (Wildman–Crippen LogP) is 1.25. The number of benzene rings is 1. The molecular formula is C18H25N3O3S. The molecule has 0 saturated carbocycles. The lowest BCUT2D eigenvalue weighted by molar-refractivity contribution is -0.130. The molecule has 6 nitrogen and oxygen atoms in total. The summed E-state index contributed by atoms with van der Waals surface area (Å²) in [4.78, 5) is 26.6. The van der Waals surface area contributed by atoms with Crippen molar-refractivity contribution in [2.75, 3.05) is 43.1 Å². The molecule has 2 saturated heterocycles. The van der Waals surface area contributed by atoms with Crippen LogP contribution >= 0.6 is 11.8 Å². The molecule has 7 heteroatoms. The molecule has 2 amide bonds. The summed E-state index contributed by atoms with van der Waals surface area (Å²) in [6.07, 6.45) is 1.45. The normalized spacial score (nSPS) is 20.1. The molecule has 2 fully saturated rings. The van der Waals surface area contributed by atoms with Crippen LogP contribution in [0.5, 0.6) is 0 Å². The van der Waals surface area contributed by atoms with E-state index in [0.29, 0.717) is 38.2 Å². The molecule has 3 N–H and O–H groups in total. The van der Waals surface area contributed by atoms with Crippen molar-refractivity contribution in [1.29, 1.82) is 0 Å². The van der Waals surface area contributed by atoms with Crippen molar-refractivity contribution >= 4 is 29.3 Å². The van der Waals surface area contributed by atoms with Crippen molar-refractivity contribution in [3.8, 4) is 0 Å². The fourth-order valence-corrected chi connectivity index (χ4v) is 3.93. The SMILES string of the molecule is NC1(C(=O)Nc2ccc(CC(=O)N3CCSCC3)cc2)CCOCC1. The van der Waals surface area contributed by atoms with Gasteiger partial charge in [0.15, 0.2) is 0 Å². The van der Waals surface area contributed by atoms with Crippen LogP contribution in [0.2, 0.25) is 0 Å². The van der Waals surface area contributed by atoms with Crippen LogP contribution in [0.4, 0.5) is 5.69 Å². The zero-order valence-electron chi connectivity index (χ0n) is 14.3. The summed E-state index contributed by atoms with van der Waals surface area (Å²) in [6.45, 7) is 2.69. The Labute approximate surface area is 152 Å². The minimum Gasteiger partial charge on any atom is -0.381 e. The van der Waals surface area contributed by atoms with Gasteiger partial charge in [-0.2, -0.15) is 11.8 Å². The quantitative estimate of drug-likeness (QED) is 0.841. The van der Waals surface area contributed by atoms with E-state index < -0.39 is 5.54 Å². The number of hydrogen-bond acceptors (Lipinski definition) is 5. The maximum Gasteiger partial charge on any atom is 0.244 e. The number of anilines is 1. The third kappa shape index (κ3) is 4.74. The van der Waals surface area contributed by atoms with Crippen LogP contribution in [0.25, 0.3) is 0 Å². The average molecular weight is 363 g/mol. The topological polar surface area (TPSA) is 84.7 Å². The van der Waals surface area contributed by atoms with Crippen molar-refractivity contribution in [3.63, 3.8) is 0 Å². The van der Waals surface area contributed by atoms with E-state index in [1.807, 2.05) is 40.9 Å². The molecule has 136 valence electrons. The molecule has 2 heterocycles. The third-order valence-electron chi connectivity index (χ3n) is 4.77. The minimum atomic E-state index is -0.862. The molecule has 3 rings (SSSR count). The molecule has 2 aliphatic rings. The van der Waals surface area contributed by atoms with Gasteiger partial charge in [0, 0.05) is 43.5 Å². The number of carbonyl (C=O) groups excluding carboxylic acids is 2. The van der Waals surface area contributed by atoms with Crippen molar-refractivity contribution in [3.05, 3.63) is 29.8 Å². The van der Waals surface area contributed by atoms with E-state index in [0.717, 1.165) is 30.2 Å². The first-order chi connectivity index (χ1) is 12.1. The lowest BCUT2D eigenvalue weighted by Gasteiger charge is -2.31. The second-order valence-corrected chi connectivity index (χ2v) is 7.81. The van der Waals surface area contributed by atoms with Gasteiger partial charge in [-0.3, -0.25) is 9.59 Å². The molecule has 0 radical (unpaired) electrons. The molecule has 0 unspecified atom stereocenters. The smallest absolute Gasteiger partial charge is 0.244 e. The van der Waals surface area contributed by atoms with E-state index in [9.17, 15) is 9.59 Å². The Balaban J connectivity index is 1.54. The van der Waals surface area contributed by atoms with Gasteiger partial charge in [-0.25, -0.2) is 0 Å². The highest BCUT2D eigenvalue weighted by molar-refractivity contribution is 7.99. The van der Waals surface area contributed by atoms with E-state index in [1.54, 1.807) is 0 Å². The van der Waals surface area contributed by atoms with Crippen LogP contribution in [-0.2, 0) is 20.7 Å². The Hall–Kier alpha value is -1.57. The maximum absolute atomic E-state index is 12.4. The highest BCUT2D eigenvalue weighted by atomic mass is 32.2. The Morgan fingerprint density at radius 1 is 1.16 bits per heavy atom. The van der Waals surface area contributed by atoms with Crippen LogP contribution in [0.1, 0.15) is 18.4 Å². The van der Waals surface area contributed by atoms with E-state index in [4.69, 9.17) is 10.5 Å². The van der Waals surface area contributed by atoms with Gasteiger partial charge in [0.1, 0.15) is 5.54 Å². The Morgan fingerprint density at radius 3 is 2.44 bits per heavy atom. The fraction of sp³-hybridized carbons (Fsp3) is 0.556. The first-order valence-corrected chi connectivity index (χ1v) is 9.85. The summed E-state index contributed by atoms with van der Waals surface area (Å²) < 4.78 is 5.27. The highest BCUT2D eigenvalue weighted by Crippen LogP contribution is 2.21. The first-order valence-electron chi connectivity index (χ1n) is 8.69. The van der Waals surface area contributed by atoms with Gasteiger partial charge in [0.05, 0.1) is 6.42 Å². The number of ether oxygens (including phenoxy) is 1. The number of nitrogens with one attached hydrogen (secondary N) is 1. The number of rotatable bonds is 4.